The minimum absolute atomic E-state index is 0.348. The van der Waals surface area contributed by atoms with Gasteiger partial charge in [-0.2, -0.15) is 0 Å². The highest BCUT2D eigenvalue weighted by atomic mass is 79.9. The van der Waals surface area contributed by atoms with Crippen LogP contribution in [0.15, 0.2) is 41.0 Å². The number of allylic oxidation sites excluding steroid dienone is 1. The van der Waals surface area contributed by atoms with Crippen molar-refractivity contribution in [3.05, 3.63) is 46.6 Å². The Morgan fingerprint density at radius 3 is 3.05 bits per heavy atom. The minimum atomic E-state index is -0.889. The second kappa shape index (κ2) is 6.67. The fourth-order valence-corrected chi connectivity index (χ4v) is 3.60. The largest absolute Gasteiger partial charge is 0.478 e. The average molecular weight is 363 g/mol. The van der Waals surface area contributed by atoms with Crippen LogP contribution in [0.3, 0.4) is 0 Å². The molecule has 1 aliphatic rings. The Kier molecular flexibility index (Phi) is 4.64. The number of nitrogens with zero attached hydrogens (tertiary/aromatic N) is 1. The van der Waals surface area contributed by atoms with Gasteiger partial charge in [-0.1, -0.05) is 30.7 Å². The highest BCUT2D eigenvalue weighted by Gasteiger charge is 2.15. The van der Waals surface area contributed by atoms with Crippen molar-refractivity contribution in [2.75, 3.05) is 6.54 Å². The van der Waals surface area contributed by atoms with Gasteiger partial charge in [0.1, 0.15) is 0 Å². The number of carboxylic acids is 1. The van der Waals surface area contributed by atoms with Crippen LogP contribution >= 0.6 is 15.9 Å². The van der Waals surface area contributed by atoms with Gasteiger partial charge in [0, 0.05) is 28.6 Å². The first-order valence-electron chi connectivity index (χ1n) is 7.57. The number of para-hydroxylation sites is 1. The third kappa shape index (κ3) is 3.10. The maximum atomic E-state index is 11.4. The van der Waals surface area contributed by atoms with Crippen molar-refractivity contribution in [2.24, 2.45) is 0 Å². The third-order valence-corrected chi connectivity index (χ3v) is 4.74. The molecule has 1 aliphatic heterocycles. The van der Waals surface area contributed by atoms with Crippen molar-refractivity contribution in [3.8, 4) is 0 Å². The Balaban J connectivity index is 1.87. The fourth-order valence-electron chi connectivity index (χ4n) is 3.01. The van der Waals surface area contributed by atoms with E-state index in [4.69, 9.17) is 0 Å². The van der Waals surface area contributed by atoms with Gasteiger partial charge in [0.2, 0.25) is 0 Å². The molecule has 1 fully saturated rings. The summed E-state index contributed by atoms with van der Waals surface area (Å²) in [7, 11) is 0. The van der Waals surface area contributed by atoms with E-state index in [1.807, 2.05) is 22.8 Å². The van der Waals surface area contributed by atoms with Crippen LogP contribution in [0.2, 0.25) is 0 Å². The summed E-state index contributed by atoms with van der Waals surface area (Å²) in [6, 6.07) is 6.10. The number of halogens is 1. The first kappa shape index (κ1) is 15.3. The number of carboxylic acid groups (broad SMARTS) is 1. The van der Waals surface area contributed by atoms with Gasteiger partial charge in [0.15, 0.2) is 0 Å². The number of carbonyl (C=O) groups is 1. The van der Waals surface area contributed by atoms with E-state index >= 15 is 0 Å². The van der Waals surface area contributed by atoms with Gasteiger partial charge in [-0.25, -0.2) is 4.79 Å². The van der Waals surface area contributed by atoms with E-state index in [-0.39, 0.29) is 0 Å². The molecule has 0 radical (unpaired) electrons. The number of aromatic carboxylic acids is 1. The lowest BCUT2D eigenvalue weighted by Gasteiger charge is -2.20. The number of hydrogen-bond acceptors (Lipinski definition) is 2. The lowest BCUT2D eigenvalue weighted by Crippen LogP contribution is -2.32. The summed E-state index contributed by atoms with van der Waals surface area (Å²) in [5, 5.41) is 13.6. The van der Waals surface area contributed by atoms with E-state index in [2.05, 4.69) is 33.4 Å². The first-order chi connectivity index (χ1) is 10.7. The van der Waals surface area contributed by atoms with E-state index in [0.29, 0.717) is 18.2 Å². The molecule has 2 N–H and O–H groups in total. The molecule has 2 heterocycles. The summed E-state index contributed by atoms with van der Waals surface area (Å²) in [6.07, 6.45) is 9.73. The molecule has 116 valence electrons. The number of nitrogens with one attached hydrogen (secondary N) is 1. The van der Waals surface area contributed by atoms with Crippen molar-refractivity contribution < 1.29 is 9.90 Å². The third-order valence-electron chi connectivity index (χ3n) is 4.10. The summed E-state index contributed by atoms with van der Waals surface area (Å²) < 4.78 is 2.91. The van der Waals surface area contributed by atoms with Gasteiger partial charge >= 0.3 is 5.97 Å². The van der Waals surface area contributed by atoms with E-state index in [0.717, 1.165) is 21.9 Å². The molecular weight excluding hydrogens is 344 g/mol. The highest BCUT2D eigenvalue weighted by molar-refractivity contribution is 9.10. The van der Waals surface area contributed by atoms with Crippen LogP contribution in [-0.2, 0) is 6.54 Å². The van der Waals surface area contributed by atoms with Crippen molar-refractivity contribution in [1.82, 2.24) is 9.88 Å². The lowest BCUT2D eigenvalue weighted by atomic mass is 10.0. The van der Waals surface area contributed by atoms with E-state index < -0.39 is 5.97 Å². The summed E-state index contributed by atoms with van der Waals surface area (Å²) in [5.41, 5.74) is 1.28. The van der Waals surface area contributed by atoms with Crippen molar-refractivity contribution in [1.29, 1.82) is 0 Å². The SMILES string of the molecule is O=C(O)c1cn(C/C=C/C2CCCCN2)c2c(Br)cccc12. The van der Waals surface area contributed by atoms with Crippen LogP contribution < -0.4 is 5.32 Å². The smallest absolute Gasteiger partial charge is 0.337 e. The zero-order valence-electron chi connectivity index (χ0n) is 12.3. The molecule has 1 saturated heterocycles. The van der Waals surface area contributed by atoms with Crippen molar-refractivity contribution in [2.45, 2.75) is 31.8 Å². The molecule has 1 aromatic carbocycles. The quantitative estimate of drug-likeness (QED) is 0.813. The average Bonchev–Trinajstić information content (AvgIpc) is 2.89. The number of rotatable bonds is 4. The van der Waals surface area contributed by atoms with E-state index in [9.17, 15) is 9.90 Å². The second-order valence-corrected chi connectivity index (χ2v) is 6.48. The molecule has 1 unspecified atom stereocenters. The predicted octanol–water partition coefficient (Wildman–Crippen LogP) is 3.80. The maximum absolute atomic E-state index is 11.4. The standard InChI is InChI=1S/C17H19BrN2O2/c18-15-8-3-7-13-14(17(21)22)11-20(16(13)15)10-4-6-12-5-1-2-9-19-12/h3-4,6-8,11-12,19H,1-2,5,9-10H2,(H,21,22)/b6-4+. The van der Waals surface area contributed by atoms with Gasteiger partial charge in [0.05, 0.1) is 11.1 Å². The monoisotopic (exact) mass is 362 g/mol. The summed E-state index contributed by atoms with van der Waals surface area (Å²) in [6.45, 7) is 1.75. The number of fused-ring (bicyclic) bond motifs is 1. The predicted molar refractivity (Wildman–Crippen MR) is 91.4 cm³/mol. The zero-order valence-corrected chi connectivity index (χ0v) is 13.8. The molecule has 0 amide bonds. The Hall–Kier alpha value is -1.59. The number of piperidine rings is 1. The summed E-state index contributed by atoms with van der Waals surface area (Å²) >= 11 is 3.53. The molecule has 0 aliphatic carbocycles. The van der Waals surface area contributed by atoms with Crippen LogP contribution in [0.1, 0.15) is 29.6 Å². The Morgan fingerprint density at radius 1 is 1.45 bits per heavy atom. The van der Waals surface area contributed by atoms with Gasteiger partial charge in [-0.3, -0.25) is 0 Å². The minimum Gasteiger partial charge on any atom is -0.478 e. The molecular formula is C17H19BrN2O2. The Labute approximate surface area is 137 Å². The molecule has 1 atom stereocenters. The fraction of sp³-hybridized carbons (Fsp3) is 0.353. The first-order valence-corrected chi connectivity index (χ1v) is 8.37. The summed E-state index contributed by atoms with van der Waals surface area (Å²) in [4.78, 5) is 11.4. The molecule has 0 bridgehead atoms. The van der Waals surface area contributed by atoms with Gasteiger partial charge in [-0.05, 0) is 41.4 Å². The van der Waals surface area contributed by atoms with Gasteiger partial charge in [-0.15, -0.1) is 0 Å². The molecule has 4 nitrogen and oxygen atoms in total. The number of aromatic nitrogens is 1. The van der Waals surface area contributed by atoms with Crippen molar-refractivity contribution >= 4 is 32.8 Å². The van der Waals surface area contributed by atoms with Gasteiger partial charge < -0.3 is 15.0 Å². The van der Waals surface area contributed by atoms with Crippen LogP contribution in [-0.4, -0.2) is 28.2 Å². The van der Waals surface area contributed by atoms with Crippen LogP contribution in [0, 0.1) is 0 Å². The van der Waals surface area contributed by atoms with Gasteiger partial charge in [0.25, 0.3) is 0 Å². The number of hydrogen-bond donors (Lipinski definition) is 2. The highest BCUT2D eigenvalue weighted by Crippen LogP contribution is 2.28. The van der Waals surface area contributed by atoms with Crippen molar-refractivity contribution in [3.63, 3.8) is 0 Å². The number of benzene rings is 1. The van der Waals surface area contributed by atoms with Crippen LogP contribution in [0.25, 0.3) is 10.9 Å². The van der Waals surface area contributed by atoms with Crippen LogP contribution in [0.4, 0.5) is 0 Å². The molecule has 22 heavy (non-hydrogen) atoms. The molecule has 5 heteroatoms. The second-order valence-electron chi connectivity index (χ2n) is 5.62. The molecule has 0 saturated carbocycles. The Morgan fingerprint density at radius 2 is 2.32 bits per heavy atom. The lowest BCUT2D eigenvalue weighted by molar-refractivity contribution is 0.0699. The molecule has 2 aromatic rings. The van der Waals surface area contributed by atoms with Crippen LogP contribution in [0.5, 0.6) is 0 Å². The molecule has 0 spiro atoms. The van der Waals surface area contributed by atoms with E-state index in [1.165, 1.54) is 19.3 Å². The summed E-state index contributed by atoms with van der Waals surface area (Å²) in [5.74, 6) is -0.889. The maximum Gasteiger partial charge on any atom is 0.337 e. The topological polar surface area (TPSA) is 54.3 Å². The molecule has 1 aromatic heterocycles. The Bertz CT molecular complexity index is 715. The molecule has 3 rings (SSSR count). The zero-order chi connectivity index (χ0) is 15.5. The van der Waals surface area contributed by atoms with E-state index in [1.54, 1.807) is 6.20 Å². The normalized spacial score (nSPS) is 19.0.